The molecular formula is C11H20N2O2. The second-order valence-electron chi connectivity index (χ2n) is 3.63. The number of ether oxygens (including phenoxy) is 1. The third-order valence-corrected chi connectivity index (χ3v) is 2.27. The molecule has 0 amide bonds. The molecule has 2 N–H and O–H groups in total. The first-order valence-corrected chi connectivity index (χ1v) is 5.29. The highest BCUT2D eigenvalue weighted by Crippen LogP contribution is 2.03. The number of hydrogen-bond acceptors (Lipinski definition) is 3. The second kappa shape index (κ2) is 5.78. The van der Waals surface area contributed by atoms with E-state index in [1.54, 1.807) is 0 Å². The van der Waals surface area contributed by atoms with Gasteiger partial charge in [0.1, 0.15) is 0 Å². The second-order valence-corrected chi connectivity index (χ2v) is 3.63. The summed E-state index contributed by atoms with van der Waals surface area (Å²) in [4.78, 5) is 0. The predicted octanol–water partition coefficient (Wildman–Crippen LogP) is 1.05. The average Bonchev–Trinajstić information content (AvgIpc) is 2.53. The zero-order chi connectivity index (χ0) is 11.3. The van der Waals surface area contributed by atoms with E-state index in [9.17, 15) is 5.11 Å². The first kappa shape index (κ1) is 12.1. The van der Waals surface area contributed by atoms with Gasteiger partial charge in [0.2, 0.25) is 0 Å². The molecule has 1 heterocycles. The SMILES string of the molecule is CCOCC(O)CNn1c(C)ccc1C. The van der Waals surface area contributed by atoms with Gasteiger partial charge in [0.15, 0.2) is 0 Å². The monoisotopic (exact) mass is 212 g/mol. The zero-order valence-corrected chi connectivity index (χ0v) is 9.66. The molecule has 0 bridgehead atoms. The smallest absolute Gasteiger partial charge is 0.0961 e. The number of aliphatic hydroxyl groups excluding tert-OH is 1. The summed E-state index contributed by atoms with van der Waals surface area (Å²) in [5.41, 5.74) is 5.43. The van der Waals surface area contributed by atoms with Crippen LogP contribution in [0, 0.1) is 13.8 Å². The highest BCUT2D eigenvalue weighted by Gasteiger charge is 2.05. The summed E-state index contributed by atoms with van der Waals surface area (Å²) in [6.45, 7) is 7.47. The number of nitrogens with one attached hydrogen (secondary N) is 1. The minimum absolute atomic E-state index is 0.378. The van der Waals surface area contributed by atoms with Crippen LogP contribution in [0.15, 0.2) is 12.1 Å². The van der Waals surface area contributed by atoms with Crippen LogP contribution in [0.4, 0.5) is 0 Å². The molecule has 1 rings (SSSR count). The highest BCUT2D eigenvalue weighted by atomic mass is 16.5. The van der Waals surface area contributed by atoms with Crippen molar-refractivity contribution in [3.8, 4) is 0 Å². The van der Waals surface area contributed by atoms with Gasteiger partial charge in [-0.2, -0.15) is 0 Å². The fourth-order valence-corrected chi connectivity index (χ4v) is 1.43. The lowest BCUT2D eigenvalue weighted by atomic mass is 10.4. The number of aromatic nitrogens is 1. The fourth-order valence-electron chi connectivity index (χ4n) is 1.43. The largest absolute Gasteiger partial charge is 0.389 e. The van der Waals surface area contributed by atoms with Crippen LogP contribution in [0.25, 0.3) is 0 Å². The molecule has 0 saturated heterocycles. The minimum atomic E-state index is -0.467. The maximum atomic E-state index is 9.56. The third kappa shape index (κ3) is 3.57. The van der Waals surface area contributed by atoms with Crippen LogP contribution in [-0.2, 0) is 4.74 Å². The van der Waals surface area contributed by atoms with Crippen LogP contribution in [0.5, 0.6) is 0 Å². The van der Waals surface area contributed by atoms with E-state index < -0.39 is 6.10 Å². The van der Waals surface area contributed by atoms with Crippen LogP contribution in [-0.4, -0.2) is 35.6 Å². The van der Waals surface area contributed by atoms with Gasteiger partial charge in [-0.25, -0.2) is 0 Å². The van der Waals surface area contributed by atoms with Gasteiger partial charge in [-0.3, -0.25) is 4.68 Å². The molecule has 4 heteroatoms. The first-order valence-electron chi connectivity index (χ1n) is 5.29. The van der Waals surface area contributed by atoms with E-state index in [2.05, 4.69) is 5.43 Å². The predicted molar refractivity (Wildman–Crippen MR) is 60.6 cm³/mol. The molecule has 0 aliphatic heterocycles. The Kier molecular flexibility index (Phi) is 4.65. The summed E-state index contributed by atoms with van der Waals surface area (Å²) in [5.74, 6) is 0. The van der Waals surface area contributed by atoms with Crippen molar-refractivity contribution in [3.63, 3.8) is 0 Å². The van der Waals surface area contributed by atoms with Gasteiger partial charge in [-0.15, -0.1) is 0 Å². The zero-order valence-electron chi connectivity index (χ0n) is 9.66. The topological polar surface area (TPSA) is 46.4 Å². The summed E-state index contributed by atoms with van der Waals surface area (Å²) < 4.78 is 7.09. The van der Waals surface area contributed by atoms with Crippen molar-refractivity contribution in [3.05, 3.63) is 23.5 Å². The quantitative estimate of drug-likeness (QED) is 0.741. The van der Waals surface area contributed by atoms with Gasteiger partial charge < -0.3 is 15.3 Å². The lowest BCUT2D eigenvalue weighted by Gasteiger charge is -2.16. The molecule has 1 aromatic rings. The van der Waals surface area contributed by atoms with E-state index in [1.807, 2.05) is 37.6 Å². The number of nitrogens with zero attached hydrogens (tertiary/aromatic N) is 1. The lowest BCUT2D eigenvalue weighted by Crippen LogP contribution is -2.30. The Balaban J connectivity index is 2.36. The van der Waals surface area contributed by atoms with Gasteiger partial charge in [0.05, 0.1) is 19.3 Å². The van der Waals surface area contributed by atoms with Crippen molar-refractivity contribution >= 4 is 0 Å². The molecule has 0 radical (unpaired) electrons. The third-order valence-electron chi connectivity index (χ3n) is 2.27. The number of aliphatic hydroxyl groups is 1. The van der Waals surface area contributed by atoms with Gasteiger partial charge in [-0.05, 0) is 32.9 Å². The number of rotatable bonds is 6. The highest BCUT2D eigenvalue weighted by molar-refractivity contribution is 5.15. The van der Waals surface area contributed by atoms with E-state index in [4.69, 9.17) is 4.74 Å². The van der Waals surface area contributed by atoms with Crippen molar-refractivity contribution in [2.75, 3.05) is 25.2 Å². The molecule has 1 atom stereocenters. The Bertz CT molecular complexity index is 277. The Morgan fingerprint density at radius 1 is 1.40 bits per heavy atom. The molecule has 4 nitrogen and oxygen atoms in total. The summed E-state index contributed by atoms with van der Waals surface area (Å²) in [6.07, 6.45) is -0.467. The normalized spacial score (nSPS) is 12.8. The Morgan fingerprint density at radius 2 is 2.00 bits per heavy atom. The van der Waals surface area contributed by atoms with Gasteiger partial charge >= 0.3 is 0 Å². The van der Waals surface area contributed by atoms with Crippen LogP contribution in [0.1, 0.15) is 18.3 Å². The lowest BCUT2D eigenvalue weighted by molar-refractivity contribution is 0.0482. The van der Waals surface area contributed by atoms with Crippen LogP contribution in [0.3, 0.4) is 0 Å². The number of hydrogen-bond donors (Lipinski definition) is 2. The first-order chi connectivity index (χ1) is 7.15. The fraction of sp³-hybridized carbons (Fsp3) is 0.636. The van der Waals surface area contributed by atoms with E-state index in [0.717, 1.165) is 11.4 Å². The van der Waals surface area contributed by atoms with Gasteiger partial charge in [-0.1, -0.05) is 0 Å². The van der Waals surface area contributed by atoms with E-state index in [1.165, 1.54) is 0 Å². The standard InChI is InChI=1S/C11H20N2O2/c1-4-15-8-11(14)7-12-13-9(2)5-6-10(13)3/h5-6,11-12,14H,4,7-8H2,1-3H3. The van der Waals surface area contributed by atoms with Crippen LogP contribution >= 0.6 is 0 Å². The molecule has 0 fully saturated rings. The van der Waals surface area contributed by atoms with Crippen molar-refractivity contribution in [1.29, 1.82) is 0 Å². The number of aryl methyl sites for hydroxylation is 2. The minimum Gasteiger partial charge on any atom is -0.389 e. The van der Waals surface area contributed by atoms with E-state index in [0.29, 0.717) is 19.8 Å². The molecule has 0 spiro atoms. The molecule has 0 saturated carbocycles. The van der Waals surface area contributed by atoms with Gasteiger partial charge in [0, 0.05) is 18.0 Å². The Hall–Kier alpha value is -1.00. The molecule has 0 aromatic carbocycles. The van der Waals surface area contributed by atoms with Crippen LogP contribution in [0.2, 0.25) is 0 Å². The maximum absolute atomic E-state index is 9.56. The summed E-state index contributed by atoms with van der Waals surface area (Å²) >= 11 is 0. The van der Waals surface area contributed by atoms with Crippen molar-refractivity contribution < 1.29 is 9.84 Å². The molecular weight excluding hydrogens is 192 g/mol. The van der Waals surface area contributed by atoms with Crippen LogP contribution < -0.4 is 5.43 Å². The van der Waals surface area contributed by atoms with Crippen molar-refractivity contribution in [2.45, 2.75) is 26.9 Å². The molecule has 0 aliphatic rings. The van der Waals surface area contributed by atoms with E-state index >= 15 is 0 Å². The molecule has 86 valence electrons. The summed E-state index contributed by atoms with van der Waals surface area (Å²) in [5, 5.41) is 9.56. The Labute approximate surface area is 90.8 Å². The van der Waals surface area contributed by atoms with E-state index in [-0.39, 0.29) is 0 Å². The molecule has 0 aliphatic carbocycles. The molecule has 15 heavy (non-hydrogen) atoms. The molecule has 1 aromatic heterocycles. The Morgan fingerprint density at radius 3 is 2.53 bits per heavy atom. The van der Waals surface area contributed by atoms with Gasteiger partial charge in [0.25, 0.3) is 0 Å². The van der Waals surface area contributed by atoms with Crippen molar-refractivity contribution in [2.24, 2.45) is 0 Å². The van der Waals surface area contributed by atoms with Crippen molar-refractivity contribution in [1.82, 2.24) is 4.68 Å². The summed E-state index contributed by atoms with van der Waals surface area (Å²) in [7, 11) is 0. The summed E-state index contributed by atoms with van der Waals surface area (Å²) in [6, 6.07) is 4.08. The maximum Gasteiger partial charge on any atom is 0.0961 e. The average molecular weight is 212 g/mol. The molecule has 1 unspecified atom stereocenters.